The number of benzene rings is 1. The van der Waals surface area contributed by atoms with Crippen LogP contribution in [0.4, 0.5) is 0 Å². The van der Waals surface area contributed by atoms with Gasteiger partial charge in [-0.1, -0.05) is 19.1 Å². The molecular weight excluding hydrogens is 266 g/mol. The van der Waals surface area contributed by atoms with Crippen molar-refractivity contribution in [3.63, 3.8) is 0 Å². The van der Waals surface area contributed by atoms with Gasteiger partial charge in [0.05, 0.1) is 18.6 Å². The Bertz CT molecular complexity index is 487. The van der Waals surface area contributed by atoms with Crippen LogP contribution in [-0.2, 0) is 9.84 Å². The second-order valence-electron chi connectivity index (χ2n) is 4.28. The van der Waals surface area contributed by atoms with E-state index in [9.17, 15) is 8.42 Å². The number of ether oxygens (including phenoxy) is 2. The number of hydrogen-bond acceptors (Lipinski definition) is 5. The molecule has 6 heteroatoms. The summed E-state index contributed by atoms with van der Waals surface area (Å²) >= 11 is 0. The van der Waals surface area contributed by atoms with Crippen molar-refractivity contribution in [1.29, 1.82) is 0 Å². The van der Waals surface area contributed by atoms with Crippen molar-refractivity contribution in [3.8, 4) is 11.5 Å². The van der Waals surface area contributed by atoms with Crippen molar-refractivity contribution < 1.29 is 17.9 Å². The molecule has 0 spiro atoms. The Hall–Kier alpha value is -1.27. The Morgan fingerprint density at radius 2 is 1.89 bits per heavy atom. The van der Waals surface area contributed by atoms with Gasteiger partial charge in [0, 0.05) is 6.04 Å². The molecule has 0 fully saturated rings. The van der Waals surface area contributed by atoms with Gasteiger partial charge in [-0.3, -0.25) is 0 Å². The summed E-state index contributed by atoms with van der Waals surface area (Å²) in [5.74, 6) is 1.09. The normalized spacial score (nSPS) is 13.0. The Kier molecular flexibility index (Phi) is 6.11. The molecule has 0 saturated carbocycles. The van der Waals surface area contributed by atoms with E-state index in [4.69, 9.17) is 15.2 Å². The third kappa shape index (κ3) is 5.48. The van der Waals surface area contributed by atoms with E-state index in [2.05, 4.69) is 0 Å². The molecule has 19 heavy (non-hydrogen) atoms. The zero-order chi connectivity index (χ0) is 14.3. The lowest BCUT2D eigenvalue weighted by Gasteiger charge is -2.12. The van der Waals surface area contributed by atoms with Gasteiger partial charge in [0.25, 0.3) is 0 Å². The summed E-state index contributed by atoms with van der Waals surface area (Å²) in [5, 5.41) is 0. The number of sulfone groups is 1. The second kappa shape index (κ2) is 7.35. The maximum atomic E-state index is 11.8. The van der Waals surface area contributed by atoms with Crippen LogP contribution in [0.25, 0.3) is 0 Å². The fraction of sp³-hybridized carbons (Fsp3) is 0.538. The van der Waals surface area contributed by atoms with Crippen LogP contribution in [-0.4, -0.2) is 39.7 Å². The van der Waals surface area contributed by atoms with Gasteiger partial charge in [0.15, 0.2) is 21.3 Å². The molecule has 1 atom stereocenters. The molecule has 0 heterocycles. The standard InChI is InChI=1S/C13H21NO4S/c1-3-11(14)10-19(15,16)9-8-18-13-7-5-4-6-12(13)17-2/h4-7,11H,3,8-10,14H2,1-2H3. The molecule has 1 aromatic rings. The lowest BCUT2D eigenvalue weighted by molar-refractivity contribution is 0.311. The molecule has 5 nitrogen and oxygen atoms in total. The molecule has 1 rings (SSSR count). The topological polar surface area (TPSA) is 78.6 Å². The molecular formula is C13H21NO4S. The van der Waals surface area contributed by atoms with Gasteiger partial charge >= 0.3 is 0 Å². The summed E-state index contributed by atoms with van der Waals surface area (Å²) in [4.78, 5) is 0. The number of rotatable bonds is 8. The Morgan fingerprint density at radius 1 is 1.26 bits per heavy atom. The molecule has 0 saturated heterocycles. The summed E-state index contributed by atoms with van der Waals surface area (Å²) in [6.45, 7) is 1.96. The van der Waals surface area contributed by atoms with Gasteiger partial charge in [-0.25, -0.2) is 8.42 Å². The first-order chi connectivity index (χ1) is 8.98. The highest BCUT2D eigenvalue weighted by Gasteiger charge is 2.15. The van der Waals surface area contributed by atoms with Crippen molar-refractivity contribution in [2.24, 2.45) is 5.73 Å². The first-order valence-corrected chi connectivity index (χ1v) is 8.02. The fourth-order valence-corrected chi connectivity index (χ4v) is 2.94. The number of para-hydroxylation sites is 2. The highest BCUT2D eigenvalue weighted by molar-refractivity contribution is 7.91. The zero-order valence-corrected chi connectivity index (χ0v) is 12.2. The monoisotopic (exact) mass is 287 g/mol. The van der Waals surface area contributed by atoms with E-state index in [0.717, 1.165) is 0 Å². The molecule has 0 aliphatic heterocycles. The summed E-state index contributed by atoms with van der Waals surface area (Å²) in [7, 11) is -1.63. The van der Waals surface area contributed by atoms with Crippen molar-refractivity contribution in [2.45, 2.75) is 19.4 Å². The van der Waals surface area contributed by atoms with E-state index in [-0.39, 0.29) is 24.2 Å². The van der Waals surface area contributed by atoms with Gasteiger partial charge in [-0.2, -0.15) is 0 Å². The average Bonchev–Trinajstić information content (AvgIpc) is 2.38. The summed E-state index contributed by atoms with van der Waals surface area (Å²) in [6, 6.07) is 6.82. The third-order valence-electron chi connectivity index (χ3n) is 2.71. The summed E-state index contributed by atoms with van der Waals surface area (Å²) in [6.07, 6.45) is 0.645. The van der Waals surface area contributed by atoms with Crippen LogP contribution in [0.3, 0.4) is 0 Å². The van der Waals surface area contributed by atoms with E-state index >= 15 is 0 Å². The van der Waals surface area contributed by atoms with E-state index in [1.54, 1.807) is 25.3 Å². The lowest BCUT2D eigenvalue weighted by atomic mass is 10.3. The molecule has 108 valence electrons. The van der Waals surface area contributed by atoms with E-state index < -0.39 is 9.84 Å². The molecule has 1 unspecified atom stereocenters. The van der Waals surface area contributed by atoms with E-state index in [0.29, 0.717) is 17.9 Å². The molecule has 0 aliphatic rings. The maximum Gasteiger partial charge on any atom is 0.161 e. The SMILES string of the molecule is CCC(N)CS(=O)(=O)CCOc1ccccc1OC. The van der Waals surface area contributed by atoms with Crippen molar-refractivity contribution in [1.82, 2.24) is 0 Å². The molecule has 0 aromatic heterocycles. The van der Waals surface area contributed by atoms with Gasteiger partial charge < -0.3 is 15.2 Å². The van der Waals surface area contributed by atoms with Gasteiger partial charge in [0.2, 0.25) is 0 Å². The number of nitrogens with two attached hydrogens (primary N) is 1. The summed E-state index contributed by atoms with van der Waals surface area (Å²) < 4.78 is 34.1. The van der Waals surface area contributed by atoms with Crippen LogP contribution in [0.1, 0.15) is 13.3 Å². The molecule has 0 amide bonds. The Labute approximate surface area is 114 Å². The maximum absolute atomic E-state index is 11.8. The lowest BCUT2D eigenvalue weighted by Crippen LogP contribution is -2.31. The molecule has 0 aliphatic carbocycles. The van der Waals surface area contributed by atoms with Crippen molar-refractivity contribution >= 4 is 9.84 Å². The zero-order valence-electron chi connectivity index (χ0n) is 11.3. The highest BCUT2D eigenvalue weighted by atomic mass is 32.2. The van der Waals surface area contributed by atoms with E-state index in [1.807, 2.05) is 13.0 Å². The molecule has 0 bridgehead atoms. The molecule has 0 radical (unpaired) electrons. The summed E-state index contributed by atoms with van der Waals surface area (Å²) in [5.41, 5.74) is 5.65. The Balaban J connectivity index is 2.50. The minimum absolute atomic E-state index is 0.00121. The molecule has 1 aromatic carbocycles. The largest absolute Gasteiger partial charge is 0.493 e. The smallest absolute Gasteiger partial charge is 0.161 e. The minimum Gasteiger partial charge on any atom is -0.493 e. The van der Waals surface area contributed by atoms with Crippen LogP contribution < -0.4 is 15.2 Å². The van der Waals surface area contributed by atoms with Crippen molar-refractivity contribution in [2.75, 3.05) is 25.2 Å². The Morgan fingerprint density at radius 3 is 2.47 bits per heavy atom. The molecule has 2 N–H and O–H groups in total. The van der Waals surface area contributed by atoms with Crippen LogP contribution >= 0.6 is 0 Å². The fourth-order valence-electron chi connectivity index (χ4n) is 1.54. The van der Waals surface area contributed by atoms with Crippen LogP contribution in [0.15, 0.2) is 24.3 Å². The van der Waals surface area contributed by atoms with Crippen LogP contribution in [0.2, 0.25) is 0 Å². The first-order valence-electron chi connectivity index (χ1n) is 6.20. The van der Waals surface area contributed by atoms with Gasteiger partial charge in [-0.05, 0) is 18.6 Å². The minimum atomic E-state index is -3.17. The predicted molar refractivity (Wildman–Crippen MR) is 75.4 cm³/mol. The van der Waals surface area contributed by atoms with E-state index in [1.165, 1.54) is 0 Å². The average molecular weight is 287 g/mol. The second-order valence-corrected chi connectivity index (χ2v) is 6.51. The quantitative estimate of drug-likeness (QED) is 0.778. The van der Waals surface area contributed by atoms with Crippen molar-refractivity contribution in [3.05, 3.63) is 24.3 Å². The van der Waals surface area contributed by atoms with Crippen LogP contribution in [0.5, 0.6) is 11.5 Å². The van der Waals surface area contributed by atoms with Gasteiger partial charge in [-0.15, -0.1) is 0 Å². The number of methoxy groups -OCH3 is 1. The number of hydrogen-bond donors (Lipinski definition) is 1. The van der Waals surface area contributed by atoms with Crippen LogP contribution in [0, 0.1) is 0 Å². The first kappa shape index (κ1) is 15.8. The highest BCUT2D eigenvalue weighted by Crippen LogP contribution is 2.25. The predicted octanol–water partition coefficient (Wildman–Crippen LogP) is 1.23. The third-order valence-corrected chi connectivity index (χ3v) is 4.44. The van der Waals surface area contributed by atoms with Gasteiger partial charge in [0.1, 0.15) is 6.61 Å².